The summed E-state index contributed by atoms with van der Waals surface area (Å²) in [5.74, 6) is 2.22. The Morgan fingerprint density at radius 3 is 2.53 bits per heavy atom. The van der Waals surface area contributed by atoms with E-state index in [1.165, 1.54) is 62.3 Å². The van der Waals surface area contributed by atoms with Crippen molar-refractivity contribution in [3.8, 4) is 0 Å². The second-order valence-corrected chi connectivity index (χ2v) is 7.30. The molecular weight excluding hydrogens is 252 g/mol. The van der Waals surface area contributed by atoms with Crippen LogP contribution in [0, 0.1) is 11.3 Å². The topological polar surface area (TPSA) is 24.4 Å². The van der Waals surface area contributed by atoms with Crippen LogP contribution in [0.15, 0.2) is 4.99 Å². The molecule has 0 radical (unpaired) electrons. The van der Waals surface area contributed by atoms with Crippen molar-refractivity contribution >= 4 is 16.9 Å². The molecular formula is C16H30N2S. The van der Waals surface area contributed by atoms with Gasteiger partial charge in [-0.1, -0.05) is 57.7 Å². The first kappa shape index (κ1) is 15.2. The summed E-state index contributed by atoms with van der Waals surface area (Å²) in [5, 5.41) is 4.77. The van der Waals surface area contributed by atoms with Crippen LogP contribution in [0.4, 0.5) is 0 Å². The third-order valence-electron chi connectivity index (χ3n) is 5.13. The first-order valence-corrected chi connectivity index (χ1v) is 9.17. The number of aliphatic imine (C=N–C) groups is 1. The standard InChI is InChI=1S/C16H30N2S/c1-3-16(4-2)12-18-15(19-13-16)17-11-10-14-8-6-5-7-9-14/h14H,3-13H2,1-2H3,(H,17,18). The maximum atomic E-state index is 4.78. The van der Waals surface area contributed by atoms with Crippen LogP contribution in [0.3, 0.4) is 0 Å². The van der Waals surface area contributed by atoms with E-state index >= 15 is 0 Å². The van der Waals surface area contributed by atoms with Gasteiger partial charge >= 0.3 is 0 Å². The van der Waals surface area contributed by atoms with E-state index in [-0.39, 0.29) is 0 Å². The van der Waals surface area contributed by atoms with Gasteiger partial charge in [0, 0.05) is 18.8 Å². The number of thioether (sulfide) groups is 1. The summed E-state index contributed by atoms with van der Waals surface area (Å²) in [6.07, 6.45) is 11.1. The van der Waals surface area contributed by atoms with Crippen LogP contribution in [0.2, 0.25) is 0 Å². The first-order valence-electron chi connectivity index (χ1n) is 8.19. The molecule has 0 unspecified atom stereocenters. The summed E-state index contributed by atoms with van der Waals surface area (Å²) in [4.78, 5) is 4.78. The fourth-order valence-electron chi connectivity index (χ4n) is 3.20. The molecule has 1 fully saturated rings. The molecule has 0 saturated heterocycles. The van der Waals surface area contributed by atoms with E-state index in [0.29, 0.717) is 5.41 Å². The SMILES string of the molecule is CCC1(CC)CN=C(NCCC2CCCCC2)SC1. The van der Waals surface area contributed by atoms with Crippen LogP contribution >= 0.6 is 11.8 Å². The highest BCUT2D eigenvalue weighted by Gasteiger charge is 2.29. The minimum absolute atomic E-state index is 0.471. The molecule has 0 spiro atoms. The summed E-state index contributed by atoms with van der Waals surface area (Å²) < 4.78 is 0. The molecule has 110 valence electrons. The van der Waals surface area contributed by atoms with Crippen LogP contribution < -0.4 is 5.32 Å². The molecule has 2 nitrogen and oxygen atoms in total. The number of rotatable bonds is 5. The number of hydrogen-bond acceptors (Lipinski definition) is 3. The lowest BCUT2D eigenvalue weighted by Gasteiger charge is -2.33. The fourth-order valence-corrected chi connectivity index (χ4v) is 4.50. The van der Waals surface area contributed by atoms with E-state index in [2.05, 4.69) is 19.2 Å². The lowest BCUT2D eigenvalue weighted by atomic mass is 9.84. The largest absolute Gasteiger partial charge is 0.365 e. The van der Waals surface area contributed by atoms with Gasteiger partial charge in [-0.05, 0) is 30.6 Å². The summed E-state index contributed by atoms with van der Waals surface area (Å²) in [6, 6.07) is 0. The molecule has 3 heteroatoms. The Bertz CT molecular complexity index is 291. The van der Waals surface area contributed by atoms with Crippen molar-refractivity contribution < 1.29 is 0 Å². The lowest BCUT2D eigenvalue weighted by molar-refractivity contribution is 0.317. The van der Waals surface area contributed by atoms with Crippen molar-refractivity contribution in [2.45, 2.75) is 65.2 Å². The van der Waals surface area contributed by atoms with Gasteiger partial charge in [-0.3, -0.25) is 4.99 Å². The molecule has 1 heterocycles. The number of nitrogens with one attached hydrogen (secondary N) is 1. The van der Waals surface area contributed by atoms with Gasteiger partial charge in [-0.25, -0.2) is 0 Å². The molecule has 0 bridgehead atoms. The predicted molar refractivity (Wildman–Crippen MR) is 87.0 cm³/mol. The van der Waals surface area contributed by atoms with Crippen LogP contribution in [0.1, 0.15) is 65.2 Å². The molecule has 2 aliphatic rings. The smallest absolute Gasteiger partial charge is 0.156 e. The highest BCUT2D eigenvalue weighted by Crippen LogP contribution is 2.34. The van der Waals surface area contributed by atoms with Crippen molar-refractivity contribution in [3.63, 3.8) is 0 Å². The Balaban J connectivity index is 1.68. The second-order valence-electron chi connectivity index (χ2n) is 6.34. The van der Waals surface area contributed by atoms with Gasteiger partial charge in [-0.2, -0.15) is 0 Å². The zero-order valence-corrected chi connectivity index (χ0v) is 13.5. The van der Waals surface area contributed by atoms with E-state index in [0.717, 1.165) is 19.0 Å². The van der Waals surface area contributed by atoms with Crippen molar-refractivity contribution in [3.05, 3.63) is 0 Å². The third-order valence-corrected chi connectivity index (χ3v) is 6.43. The van der Waals surface area contributed by atoms with Crippen LogP contribution in [-0.2, 0) is 0 Å². The Morgan fingerprint density at radius 1 is 1.21 bits per heavy atom. The number of nitrogens with zero attached hydrogens (tertiary/aromatic N) is 1. The molecule has 0 aromatic rings. The highest BCUT2D eigenvalue weighted by atomic mass is 32.2. The second kappa shape index (κ2) is 7.56. The lowest BCUT2D eigenvalue weighted by Crippen LogP contribution is -2.35. The van der Waals surface area contributed by atoms with E-state index < -0.39 is 0 Å². The van der Waals surface area contributed by atoms with Crippen LogP contribution in [0.5, 0.6) is 0 Å². The average molecular weight is 282 g/mol. The minimum Gasteiger partial charge on any atom is -0.365 e. The van der Waals surface area contributed by atoms with E-state index in [9.17, 15) is 0 Å². The Kier molecular flexibility index (Phi) is 6.06. The normalized spacial score (nSPS) is 24.0. The molecule has 1 aliphatic carbocycles. The minimum atomic E-state index is 0.471. The highest BCUT2D eigenvalue weighted by molar-refractivity contribution is 8.13. The van der Waals surface area contributed by atoms with E-state index in [1.807, 2.05) is 11.8 Å². The molecule has 0 aromatic heterocycles. The summed E-state index contributed by atoms with van der Waals surface area (Å²) in [7, 11) is 0. The number of hydrogen-bond donors (Lipinski definition) is 1. The quantitative estimate of drug-likeness (QED) is 0.805. The van der Waals surface area contributed by atoms with Crippen molar-refractivity contribution in [2.24, 2.45) is 16.3 Å². The summed E-state index contributed by atoms with van der Waals surface area (Å²) in [5.41, 5.74) is 0.471. The van der Waals surface area contributed by atoms with Gasteiger partial charge in [0.1, 0.15) is 0 Å². The summed E-state index contributed by atoms with van der Waals surface area (Å²) >= 11 is 1.94. The number of amidine groups is 1. The van der Waals surface area contributed by atoms with Gasteiger partial charge in [0.05, 0.1) is 0 Å². The van der Waals surface area contributed by atoms with E-state index in [4.69, 9.17) is 4.99 Å². The zero-order chi connectivity index (χ0) is 13.6. The molecule has 2 rings (SSSR count). The molecule has 1 aliphatic heterocycles. The maximum absolute atomic E-state index is 4.78. The van der Waals surface area contributed by atoms with Gasteiger partial charge in [-0.15, -0.1) is 0 Å². The van der Waals surface area contributed by atoms with Gasteiger partial charge in [0.25, 0.3) is 0 Å². The third kappa shape index (κ3) is 4.40. The van der Waals surface area contributed by atoms with Gasteiger partial charge in [0.2, 0.25) is 0 Å². The monoisotopic (exact) mass is 282 g/mol. The Hall–Kier alpha value is -0.180. The van der Waals surface area contributed by atoms with Crippen molar-refractivity contribution in [2.75, 3.05) is 18.8 Å². The van der Waals surface area contributed by atoms with Crippen molar-refractivity contribution in [1.29, 1.82) is 0 Å². The van der Waals surface area contributed by atoms with Gasteiger partial charge < -0.3 is 5.32 Å². The average Bonchev–Trinajstić information content (AvgIpc) is 2.49. The zero-order valence-electron chi connectivity index (χ0n) is 12.7. The van der Waals surface area contributed by atoms with Crippen LogP contribution in [0.25, 0.3) is 0 Å². The Morgan fingerprint density at radius 2 is 1.95 bits per heavy atom. The molecule has 0 atom stereocenters. The van der Waals surface area contributed by atoms with Crippen molar-refractivity contribution in [1.82, 2.24) is 5.32 Å². The van der Waals surface area contributed by atoms with E-state index in [1.54, 1.807) is 0 Å². The predicted octanol–water partition coefficient (Wildman–Crippen LogP) is 4.46. The van der Waals surface area contributed by atoms with Gasteiger partial charge in [0.15, 0.2) is 5.17 Å². The summed E-state index contributed by atoms with van der Waals surface area (Å²) in [6.45, 7) is 6.77. The first-order chi connectivity index (χ1) is 9.28. The molecule has 19 heavy (non-hydrogen) atoms. The molecule has 0 amide bonds. The molecule has 1 N–H and O–H groups in total. The molecule has 1 saturated carbocycles. The Labute approximate surface area is 123 Å². The van der Waals surface area contributed by atoms with Crippen LogP contribution in [-0.4, -0.2) is 24.0 Å². The molecule has 0 aromatic carbocycles. The maximum Gasteiger partial charge on any atom is 0.156 e. The fraction of sp³-hybridized carbons (Fsp3) is 0.938.